The predicted molar refractivity (Wildman–Crippen MR) is 90.4 cm³/mol. The first-order chi connectivity index (χ1) is 10.6. The first-order valence-electron chi connectivity index (χ1n) is 7.55. The van der Waals surface area contributed by atoms with Gasteiger partial charge < -0.3 is 10.1 Å². The molecule has 22 heavy (non-hydrogen) atoms. The molecule has 3 rings (SSSR count). The molecule has 0 radical (unpaired) electrons. The Morgan fingerprint density at radius 3 is 2.55 bits per heavy atom. The highest BCUT2D eigenvalue weighted by Crippen LogP contribution is 2.27. The Morgan fingerprint density at radius 1 is 1.14 bits per heavy atom. The minimum absolute atomic E-state index is 0.0270. The zero-order valence-electron chi connectivity index (χ0n) is 12.8. The summed E-state index contributed by atoms with van der Waals surface area (Å²) in [6.45, 7) is 3.91. The Kier molecular flexibility index (Phi) is 3.72. The van der Waals surface area contributed by atoms with E-state index in [1.165, 1.54) is 0 Å². The van der Waals surface area contributed by atoms with Crippen LogP contribution in [-0.2, 0) is 6.42 Å². The summed E-state index contributed by atoms with van der Waals surface area (Å²) >= 11 is 0. The molecule has 0 aliphatic heterocycles. The molecule has 0 spiro atoms. The van der Waals surface area contributed by atoms with Crippen LogP contribution in [0.25, 0.3) is 22.2 Å². The molecule has 2 N–H and O–H groups in total. The third-order valence-corrected chi connectivity index (χ3v) is 4.00. The van der Waals surface area contributed by atoms with Crippen molar-refractivity contribution < 1.29 is 5.11 Å². The van der Waals surface area contributed by atoms with Gasteiger partial charge >= 0.3 is 0 Å². The van der Waals surface area contributed by atoms with Crippen molar-refractivity contribution in [1.29, 1.82) is 0 Å². The highest BCUT2D eigenvalue weighted by Gasteiger charge is 2.13. The van der Waals surface area contributed by atoms with E-state index in [0.717, 1.165) is 35.2 Å². The molecule has 0 saturated heterocycles. The third kappa shape index (κ3) is 2.39. The zero-order valence-corrected chi connectivity index (χ0v) is 12.8. The molecule has 1 heterocycles. The van der Waals surface area contributed by atoms with Gasteiger partial charge in [0.05, 0.1) is 11.2 Å². The van der Waals surface area contributed by atoms with Crippen molar-refractivity contribution >= 4 is 10.9 Å². The zero-order chi connectivity index (χ0) is 15.7. The van der Waals surface area contributed by atoms with Crippen LogP contribution in [0, 0.1) is 6.92 Å². The lowest BCUT2D eigenvalue weighted by Gasteiger charge is -2.12. The smallest absolute Gasteiger partial charge is 0.193 e. The van der Waals surface area contributed by atoms with Crippen molar-refractivity contribution in [3.8, 4) is 17.0 Å². The van der Waals surface area contributed by atoms with E-state index in [1.807, 2.05) is 37.3 Å². The average molecular weight is 293 g/mol. The number of aryl methyl sites for hydroxylation is 1. The number of benzene rings is 2. The van der Waals surface area contributed by atoms with Crippen LogP contribution in [-0.4, -0.2) is 10.1 Å². The minimum Gasteiger partial charge on any atom is -0.508 e. The summed E-state index contributed by atoms with van der Waals surface area (Å²) in [6.07, 6.45) is 1.77. The van der Waals surface area contributed by atoms with Crippen molar-refractivity contribution in [2.45, 2.75) is 26.7 Å². The number of hydrogen-bond donors (Lipinski definition) is 2. The summed E-state index contributed by atoms with van der Waals surface area (Å²) in [5.41, 5.74) is 4.30. The maximum atomic E-state index is 12.7. The standard InChI is InChI=1S/C19H19NO2/c1-3-7-14-10-15(21)11-16-18(14)20-17(12(2)19(16)22)13-8-5-4-6-9-13/h4-6,8-11,21H,3,7H2,1-2H3,(H,20,22). The van der Waals surface area contributed by atoms with E-state index in [9.17, 15) is 9.90 Å². The second kappa shape index (κ2) is 5.68. The number of aromatic amines is 1. The Hall–Kier alpha value is -2.55. The van der Waals surface area contributed by atoms with Crippen LogP contribution in [0.2, 0.25) is 0 Å². The van der Waals surface area contributed by atoms with Crippen LogP contribution in [0.1, 0.15) is 24.5 Å². The van der Waals surface area contributed by atoms with Gasteiger partial charge in [-0.1, -0.05) is 43.7 Å². The predicted octanol–water partition coefficient (Wildman–Crippen LogP) is 4.16. The number of phenolic OH excluding ortho intramolecular Hbond substituents is 1. The molecule has 0 bridgehead atoms. The molecule has 0 unspecified atom stereocenters. The minimum atomic E-state index is -0.0270. The van der Waals surface area contributed by atoms with Gasteiger partial charge in [0, 0.05) is 10.9 Å². The SMILES string of the molecule is CCCc1cc(O)cc2c(=O)c(C)c(-c3ccccc3)[nH]c12. The van der Waals surface area contributed by atoms with E-state index in [1.54, 1.807) is 12.1 Å². The third-order valence-electron chi connectivity index (χ3n) is 4.00. The number of hydrogen-bond acceptors (Lipinski definition) is 2. The first-order valence-corrected chi connectivity index (χ1v) is 7.55. The van der Waals surface area contributed by atoms with Crippen LogP contribution in [0.3, 0.4) is 0 Å². The summed E-state index contributed by atoms with van der Waals surface area (Å²) in [7, 11) is 0. The number of aromatic nitrogens is 1. The quantitative estimate of drug-likeness (QED) is 0.761. The van der Waals surface area contributed by atoms with E-state index in [0.29, 0.717) is 10.9 Å². The summed E-state index contributed by atoms with van der Waals surface area (Å²) in [6, 6.07) is 13.1. The first kappa shape index (κ1) is 14.4. The fraction of sp³-hybridized carbons (Fsp3) is 0.211. The summed E-state index contributed by atoms with van der Waals surface area (Å²) in [5, 5.41) is 10.4. The number of rotatable bonds is 3. The van der Waals surface area contributed by atoms with Gasteiger partial charge in [-0.15, -0.1) is 0 Å². The van der Waals surface area contributed by atoms with Crippen molar-refractivity contribution in [3.63, 3.8) is 0 Å². The molecule has 3 heteroatoms. The monoisotopic (exact) mass is 293 g/mol. The van der Waals surface area contributed by atoms with E-state index in [-0.39, 0.29) is 11.2 Å². The lowest BCUT2D eigenvalue weighted by Crippen LogP contribution is -2.10. The van der Waals surface area contributed by atoms with Crippen LogP contribution in [0.15, 0.2) is 47.3 Å². The fourth-order valence-corrected chi connectivity index (χ4v) is 2.91. The van der Waals surface area contributed by atoms with Crippen molar-refractivity contribution in [2.24, 2.45) is 0 Å². The molecular weight excluding hydrogens is 274 g/mol. The second-order valence-corrected chi connectivity index (χ2v) is 5.60. The topological polar surface area (TPSA) is 53.1 Å². The summed E-state index contributed by atoms with van der Waals surface area (Å²) in [5.74, 6) is 0.147. The number of phenols is 1. The Morgan fingerprint density at radius 2 is 1.86 bits per heavy atom. The van der Waals surface area contributed by atoms with Crippen LogP contribution < -0.4 is 5.43 Å². The Balaban J connectivity index is 2.37. The van der Waals surface area contributed by atoms with E-state index in [2.05, 4.69) is 11.9 Å². The van der Waals surface area contributed by atoms with Gasteiger partial charge in [0.1, 0.15) is 5.75 Å². The highest BCUT2D eigenvalue weighted by molar-refractivity contribution is 5.87. The van der Waals surface area contributed by atoms with Gasteiger partial charge in [0.2, 0.25) is 0 Å². The average Bonchev–Trinajstić information content (AvgIpc) is 2.52. The molecule has 3 aromatic rings. The van der Waals surface area contributed by atoms with Crippen molar-refractivity contribution in [2.75, 3.05) is 0 Å². The largest absolute Gasteiger partial charge is 0.508 e. The number of pyridine rings is 1. The van der Waals surface area contributed by atoms with Crippen molar-refractivity contribution in [3.05, 3.63) is 63.8 Å². The maximum Gasteiger partial charge on any atom is 0.193 e. The molecule has 0 atom stereocenters. The molecular formula is C19H19NO2. The molecule has 3 nitrogen and oxygen atoms in total. The van der Waals surface area contributed by atoms with Crippen molar-refractivity contribution in [1.82, 2.24) is 4.98 Å². The Labute approximate surface area is 129 Å². The Bertz CT molecular complexity index is 879. The van der Waals surface area contributed by atoms with Gasteiger partial charge in [-0.2, -0.15) is 0 Å². The second-order valence-electron chi connectivity index (χ2n) is 5.60. The van der Waals surface area contributed by atoms with Gasteiger partial charge in [-0.25, -0.2) is 0 Å². The molecule has 112 valence electrons. The van der Waals surface area contributed by atoms with E-state index in [4.69, 9.17) is 0 Å². The lowest BCUT2D eigenvalue weighted by atomic mass is 10.00. The molecule has 0 aliphatic carbocycles. The van der Waals surface area contributed by atoms with Crippen LogP contribution >= 0.6 is 0 Å². The molecule has 0 saturated carbocycles. The van der Waals surface area contributed by atoms with Gasteiger partial charge in [0.15, 0.2) is 5.43 Å². The van der Waals surface area contributed by atoms with Crippen LogP contribution in [0.5, 0.6) is 5.75 Å². The van der Waals surface area contributed by atoms with Gasteiger partial charge in [-0.3, -0.25) is 4.79 Å². The van der Waals surface area contributed by atoms with E-state index >= 15 is 0 Å². The number of nitrogens with one attached hydrogen (secondary N) is 1. The normalized spacial score (nSPS) is 11.0. The summed E-state index contributed by atoms with van der Waals surface area (Å²) < 4.78 is 0. The lowest BCUT2D eigenvalue weighted by molar-refractivity contribution is 0.475. The molecule has 0 amide bonds. The molecule has 1 aromatic heterocycles. The summed E-state index contributed by atoms with van der Waals surface area (Å²) in [4.78, 5) is 16.1. The van der Waals surface area contributed by atoms with Gasteiger partial charge in [0.25, 0.3) is 0 Å². The fourth-order valence-electron chi connectivity index (χ4n) is 2.91. The van der Waals surface area contributed by atoms with Gasteiger partial charge in [-0.05, 0) is 36.6 Å². The number of fused-ring (bicyclic) bond motifs is 1. The maximum absolute atomic E-state index is 12.7. The van der Waals surface area contributed by atoms with E-state index < -0.39 is 0 Å². The molecule has 0 fully saturated rings. The number of H-pyrrole nitrogens is 1. The number of aromatic hydroxyl groups is 1. The highest BCUT2D eigenvalue weighted by atomic mass is 16.3. The molecule has 2 aromatic carbocycles. The molecule has 0 aliphatic rings. The van der Waals surface area contributed by atoms with Crippen LogP contribution in [0.4, 0.5) is 0 Å².